The van der Waals surface area contributed by atoms with Crippen molar-refractivity contribution >= 4 is 39.2 Å². The standard InChI is InChI=1S/C22H18N4OS/c1-25-21(27)18-11-4-5-12-19(18)26-20(23-24-22(25)26)14-28-13-16-9-6-8-15-7-2-3-10-17(15)16/h2-12H,13-14H2,1H3. The Morgan fingerprint density at radius 2 is 1.61 bits per heavy atom. The van der Waals surface area contributed by atoms with Crippen molar-refractivity contribution in [1.29, 1.82) is 0 Å². The van der Waals surface area contributed by atoms with Crippen LogP contribution in [0.15, 0.2) is 71.5 Å². The maximum Gasteiger partial charge on any atom is 0.262 e. The van der Waals surface area contributed by atoms with E-state index in [0.29, 0.717) is 16.9 Å². The SMILES string of the molecule is Cn1c(=O)c2ccccc2n2c(CSCc3cccc4ccccc34)nnc12. The van der Waals surface area contributed by atoms with Gasteiger partial charge in [-0.25, -0.2) is 0 Å². The largest absolute Gasteiger partial charge is 0.279 e. The van der Waals surface area contributed by atoms with Crippen molar-refractivity contribution in [2.75, 3.05) is 0 Å². The molecule has 28 heavy (non-hydrogen) atoms. The molecule has 0 spiro atoms. The predicted molar refractivity (Wildman–Crippen MR) is 115 cm³/mol. The Balaban J connectivity index is 1.50. The summed E-state index contributed by atoms with van der Waals surface area (Å²) in [4.78, 5) is 12.6. The van der Waals surface area contributed by atoms with Crippen LogP contribution in [0.25, 0.3) is 27.5 Å². The van der Waals surface area contributed by atoms with Crippen LogP contribution in [0.5, 0.6) is 0 Å². The fourth-order valence-electron chi connectivity index (χ4n) is 3.66. The number of thioether (sulfide) groups is 1. The average Bonchev–Trinajstić information content (AvgIpc) is 3.16. The Morgan fingerprint density at radius 3 is 2.50 bits per heavy atom. The highest BCUT2D eigenvalue weighted by molar-refractivity contribution is 7.97. The van der Waals surface area contributed by atoms with Crippen LogP contribution < -0.4 is 5.56 Å². The normalized spacial score (nSPS) is 11.6. The molecule has 5 rings (SSSR count). The molecule has 0 saturated carbocycles. The van der Waals surface area contributed by atoms with E-state index < -0.39 is 0 Å². The summed E-state index contributed by atoms with van der Waals surface area (Å²) in [7, 11) is 1.74. The van der Waals surface area contributed by atoms with Crippen molar-refractivity contribution in [2.45, 2.75) is 11.5 Å². The van der Waals surface area contributed by atoms with Gasteiger partial charge in [-0.05, 0) is 28.5 Å². The maximum atomic E-state index is 12.6. The van der Waals surface area contributed by atoms with Gasteiger partial charge in [0.1, 0.15) is 5.82 Å². The van der Waals surface area contributed by atoms with Crippen molar-refractivity contribution < 1.29 is 0 Å². The van der Waals surface area contributed by atoms with Gasteiger partial charge >= 0.3 is 0 Å². The summed E-state index contributed by atoms with van der Waals surface area (Å²) in [5, 5.41) is 11.9. The molecule has 0 saturated heterocycles. The summed E-state index contributed by atoms with van der Waals surface area (Å²) in [5.41, 5.74) is 2.12. The second kappa shape index (κ2) is 6.80. The number of para-hydroxylation sites is 1. The fourth-order valence-corrected chi connectivity index (χ4v) is 4.60. The number of benzene rings is 3. The van der Waals surface area contributed by atoms with Gasteiger partial charge in [0.25, 0.3) is 5.56 Å². The zero-order chi connectivity index (χ0) is 19.1. The molecule has 5 aromatic rings. The molecule has 0 amide bonds. The smallest absolute Gasteiger partial charge is 0.262 e. The molecule has 3 aromatic carbocycles. The molecular formula is C22H18N4OS. The molecule has 0 atom stereocenters. The van der Waals surface area contributed by atoms with Gasteiger partial charge < -0.3 is 0 Å². The van der Waals surface area contributed by atoms with Crippen LogP contribution in [-0.2, 0) is 18.6 Å². The van der Waals surface area contributed by atoms with Gasteiger partial charge in [0.05, 0.1) is 16.7 Å². The topological polar surface area (TPSA) is 52.2 Å². The minimum absolute atomic E-state index is 0.0505. The van der Waals surface area contributed by atoms with Gasteiger partial charge in [-0.3, -0.25) is 13.8 Å². The monoisotopic (exact) mass is 386 g/mol. The Hall–Kier alpha value is -3.12. The lowest BCUT2D eigenvalue weighted by Gasteiger charge is -2.08. The van der Waals surface area contributed by atoms with Gasteiger partial charge in [0, 0.05) is 12.8 Å². The molecule has 5 nitrogen and oxygen atoms in total. The lowest BCUT2D eigenvalue weighted by atomic mass is 10.1. The summed E-state index contributed by atoms with van der Waals surface area (Å²) in [6.07, 6.45) is 0. The lowest BCUT2D eigenvalue weighted by Crippen LogP contribution is -2.20. The Bertz CT molecular complexity index is 1380. The van der Waals surface area contributed by atoms with Crippen LogP contribution in [0.2, 0.25) is 0 Å². The highest BCUT2D eigenvalue weighted by atomic mass is 32.2. The number of hydrogen-bond donors (Lipinski definition) is 0. The number of nitrogens with zero attached hydrogens (tertiary/aromatic N) is 4. The van der Waals surface area contributed by atoms with Gasteiger partial charge in [0.2, 0.25) is 5.78 Å². The molecule has 0 fully saturated rings. The van der Waals surface area contributed by atoms with Crippen molar-refractivity contribution in [2.24, 2.45) is 7.05 Å². The summed E-state index contributed by atoms with van der Waals surface area (Å²) in [5.74, 6) is 3.03. The zero-order valence-corrected chi connectivity index (χ0v) is 16.2. The van der Waals surface area contributed by atoms with Crippen LogP contribution in [0.4, 0.5) is 0 Å². The first-order chi connectivity index (χ1) is 13.7. The number of rotatable bonds is 4. The molecule has 0 radical (unpaired) electrons. The van der Waals surface area contributed by atoms with Crippen LogP contribution in [-0.4, -0.2) is 19.2 Å². The first-order valence-electron chi connectivity index (χ1n) is 9.10. The molecule has 2 aromatic heterocycles. The second-order valence-corrected chi connectivity index (χ2v) is 7.75. The third kappa shape index (κ3) is 2.68. The highest BCUT2D eigenvalue weighted by Crippen LogP contribution is 2.25. The van der Waals surface area contributed by atoms with Crippen molar-refractivity contribution in [1.82, 2.24) is 19.2 Å². The van der Waals surface area contributed by atoms with Gasteiger partial charge in [-0.2, -0.15) is 0 Å². The zero-order valence-electron chi connectivity index (χ0n) is 15.4. The van der Waals surface area contributed by atoms with Crippen molar-refractivity contribution in [3.05, 3.63) is 88.5 Å². The molecule has 0 aliphatic carbocycles. The molecule has 0 aliphatic rings. The molecule has 0 aliphatic heterocycles. The molecular weight excluding hydrogens is 368 g/mol. The number of fused-ring (bicyclic) bond motifs is 4. The number of aromatic nitrogens is 4. The van der Waals surface area contributed by atoms with E-state index in [9.17, 15) is 4.79 Å². The first-order valence-corrected chi connectivity index (χ1v) is 10.3. The summed E-state index contributed by atoms with van der Waals surface area (Å²) in [6, 6.07) is 22.5. The van der Waals surface area contributed by atoms with E-state index in [1.807, 2.05) is 28.7 Å². The number of hydrogen-bond acceptors (Lipinski definition) is 4. The second-order valence-electron chi connectivity index (χ2n) is 6.76. The van der Waals surface area contributed by atoms with Gasteiger partial charge in [-0.1, -0.05) is 54.6 Å². The van der Waals surface area contributed by atoms with E-state index >= 15 is 0 Å². The number of aryl methyl sites for hydroxylation is 1. The van der Waals surface area contributed by atoms with E-state index in [4.69, 9.17) is 0 Å². The van der Waals surface area contributed by atoms with E-state index in [2.05, 4.69) is 52.7 Å². The maximum absolute atomic E-state index is 12.6. The minimum Gasteiger partial charge on any atom is -0.279 e. The quantitative estimate of drug-likeness (QED) is 0.465. The van der Waals surface area contributed by atoms with Crippen LogP contribution in [0.3, 0.4) is 0 Å². The van der Waals surface area contributed by atoms with Crippen molar-refractivity contribution in [3.63, 3.8) is 0 Å². The van der Waals surface area contributed by atoms with Crippen molar-refractivity contribution in [3.8, 4) is 0 Å². The van der Waals surface area contributed by atoms with E-state index in [0.717, 1.165) is 17.1 Å². The summed E-state index contributed by atoms with van der Waals surface area (Å²) < 4.78 is 3.56. The Morgan fingerprint density at radius 1 is 0.857 bits per heavy atom. The van der Waals surface area contributed by atoms with Gasteiger partial charge in [-0.15, -0.1) is 22.0 Å². The Kier molecular flexibility index (Phi) is 4.13. The van der Waals surface area contributed by atoms with E-state index in [1.165, 1.54) is 16.3 Å². The molecule has 2 heterocycles. The summed E-state index contributed by atoms with van der Waals surface area (Å²) >= 11 is 1.80. The average molecular weight is 386 g/mol. The van der Waals surface area contributed by atoms with Crippen LogP contribution in [0.1, 0.15) is 11.4 Å². The first kappa shape index (κ1) is 17.0. The molecule has 138 valence electrons. The van der Waals surface area contributed by atoms with E-state index in [-0.39, 0.29) is 5.56 Å². The van der Waals surface area contributed by atoms with E-state index in [1.54, 1.807) is 23.4 Å². The molecule has 6 heteroatoms. The minimum atomic E-state index is -0.0505. The molecule has 0 N–H and O–H groups in total. The van der Waals surface area contributed by atoms with Crippen LogP contribution in [0, 0.1) is 0 Å². The molecule has 0 bridgehead atoms. The van der Waals surface area contributed by atoms with Crippen LogP contribution >= 0.6 is 11.8 Å². The third-order valence-electron chi connectivity index (χ3n) is 5.06. The fraction of sp³-hybridized carbons (Fsp3) is 0.136. The van der Waals surface area contributed by atoms with Gasteiger partial charge in [0.15, 0.2) is 0 Å². The summed E-state index contributed by atoms with van der Waals surface area (Å²) in [6.45, 7) is 0. The predicted octanol–water partition coefficient (Wildman–Crippen LogP) is 4.17. The Labute approximate surface area is 165 Å². The highest BCUT2D eigenvalue weighted by Gasteiger charge is 2.14. The lowest BCUT2D eigenvalue weighted by molar-refractivity contribution is 0.858. The third-order valence-corrected chi connectivity index (χ3v) is 6.04. The molecule has 0 unspecified atom stereocenters.